The van der Waals surface area contributed by atoms with Crippen LogP contribution in [0.2, 0.25) is 0 Å². The zero-order chi connectivity index (χ0) is 14.6. The zero-order valence-electron chi connectivity index (χ0n) is 10.3. The van der Waals surface area contributed by atoms with Gasteiger partial charge in [-0.3, -0.25) is 14.3 Å². The Balaban J connectivity index is 2.12. The molecule has 2 rings (SSSR count). The largest absolute Gasteiger partial charge is 0.297 e. The molecule has 20 heavy (non-hydrogen) atoms. The van der Waals surface area contributed by atoms with Gasteiger partial charge in [0.1, 0.15) is 0 Å². The standard InChI is InChI=1S/C13H11NO5S/c15-14(16)12-6-8-13(9-7-12)20(17,18)19-10-11-4-2-1-3-5-11/h1-9H,10H2. The first-order chi connectivity index (χ1) is 9.49. The predicted molar refractivity (Wildman–Crippen MR) is 71.5 cm³/mol. The molecule has 0 amide bonds. The SMILES string of the molecule is O=[N+]([O-])c1ccc(S(=O)(=O)OCc2ccccc2)cc1. The fourth-order valence-electron chi connectivity index (χ4n) is 1.52. The van der Waals surface area contributed by atoms with Gasteiger partial charge in [-0.1, -0.05) is 30.3 Å². The first kappa shape index (κ1) is 14.2. The van der Waals surface area contributed by atoms with E-state index in [0.29, 0.717) is 0 Å². The minimum absolute atomic E-state index is 0.0832. The normalized spacial score (nSPS) is 11.2. The Morgan fingerprint density at radius 3 is 2.15 bits per heavy atom. The van der Waals surface area contributed by atoms with Crippen molar-refractivity contribution in [1.82, 2.24) is 0 Å². The van der Waals surface area contributed by atoms with Crippen LogP contribution in [0.1, 0.15) is 5.56 Å². The molecule has 0 aliphatic carbocycles. The molecule has 6 nitrogen and oxygen atoms in total. The Bertz CT molecular complexity index is 695. The van der Waals surface area contributed by atoms with Gasteiger partial charge in [-0.15, -0.1) is 0 Å². The molecule has 0 aliphatic rings. The van der Waals surface area contributed by atoms with Crippen LogP contribution < -0.4 is 0 Å². The summed E-state index contributed by atoms with van der Waals surface area (Å²) in [7, 11) is -3.92. The minimum atomic E-state index is -3.92. The molecule has 7 heteroatoms. The highest BCUT2D eigenvalue weighted by Crippen LogP contribution is 2.18. The summed E-state index contributed by atoms with van der Waals surface area (Å²) in [5.41, 5.74) is 0.546. The van der Waals surface area contributed by atoms with Crippen LogP contribution in [-0.2, 0) is 20.9 Å². The molecule has 0 N–H and O–H groups in total. The van der Waals surface area contributed by atoms with E-state index in [0.717, 1.165) is 29.8 Å². The molecule has 0 heterocycles. The Morgan fingerprint density at radius 2 is 1.60 bits per heavy atom. The third kappa shape index (κ3) is 3.40. The molecule has 0 aromatic heterocycles. The molecule has 0 spiro atoms. The second kappa shape index (κ2) is 5.81. The zero-order valence-corrected chi connectivity index (χ0v) is 11.1. The van der Waals surface area contributed by atoms with Crippen molar-refractivity contribution >= 4 is 15.8 Å². The van der Waals surface area contributed by atoms with Crippen LogP contribution in [0.15, 0.2) is 59.5 Å². The number of non-ortho nitro benzene ring substituents is 1. The van der Waals surface area contributed by atoms with Crippen molar-refractivity contribution in [2.75, 3.05) is 0 Å². The van der Waals surface area contributed by atoms with Crippen LogP contribution >= 0.6 is 0 Å². The number of nitrogens with zero attached hydrogens (tertiary/aromatic N) is 1. The van der Waals surface area contributed by atoms with Gasteiger partial charge in [-0.2, -0.15) is 8.42 Å². The van der Waals surface area contributed by atoms with Gasteiger partial charge in [-0.25, -0.2) is 0 Å². The van der Waals surface area contributed by atoms with E-state index >= 15 is 0 Å². The van der Waals surface area contributed by atoms with E-state index in [1.807, 2.05) is 6.07 Å². The average Bonchev–Trinajstić information content (AvgIpc) is 2.46. The van der Waals surface area contributed by atoms with Crippen molar-refractivity contribution in [2.45, 2.75) is 11.5 Å². The highest BCUT2D eigenvalue weighted by Gasteiger charge is 2.16. The van der Waals surface area contributed by atoms with Gasteiger partial charge in [0, 0.05) is 12.1 Å². The van der Waals surface area contributed by atoms with Gasteiger partial charge in [0.2, 0.25) is 0 Å². The number of benzene rings is 2. The number of rotatable bonds is 5. The second-order valence-electron chi connectivity index (χ2n) is 3.95. The molecule has 0 radical (unpaired) electrons. The first-order valence-corrected chi connectivity index (χ1v) is 7.08. The third-order valence-electron chi connectivity index (χ3n) is 2.56. The summed E-state index contributed by atoms with van der Waals surface area (Å²) in [6.45, 7) is -0.0832. The molecular formula is C13H11NO5S. The van der Waals surface area contributed by atoms with Crippen LogP contribution in [0.3, 0.4) is 0 Å². The van der Waals surface area contributed by atoms with Crippen molar-refractivity contribution in [2.24, 2.45) is 0 Å². The van der Waals surface area contributed by atoms with Gasteiger partial charge in [-0.05, 0) is 17.7 Å². The molecule has 0 unspecified atom stereocenters. The highest BCUT2D eigenvalue weighted by atomic mass is 32.2. The lowest BCUT2D eigenvalue weighted by Crippen LogP contribution is -2.06. The predicted octanol–water partition coefficient (Wildman–Crippen LogP) is 2.50. The molecule has 0 saturated heterocycles. The summed E-state index contributed by atoms with van der Waals surface area (Å²) in [6, 6.07) is 13.4. The van der Waals surface area contributed by atoms with Crippen LogP contribution in [0.25, 0.3) is 0 Å². The fraction of sp³-hybridized carbons (Fsp3) is 0.0769. The maximum atomic E-state index is 11.9. The molecule has 2 aromatic carbocycles. The van der Waals surface area contributed by atoms with E-state index in [2.05, 4.69) is 0 Å². The second-order valence-corrected chi connectivity index (χ2v) is 5.57. The Kier molecular flexibility index (Phi) is 4.11. The molecule has 104 valence electrons. The molecule has 0 atom stereocenters. The van der Waals surface area contributed by atoms with Crippen molar-refractivity contribution in [3.8, 4) is 0 Å². The average molecular weight is 293 g/mol. The lowest BCUT2D eigenvalue weighted by Gasteiger charge is -2.05. The van der Waals surface area contributed by atoms with Gasteiger partial charge in [0.05, 0.1) is 16.4 Å². The van der Waals surface area contributed by atoms with Crippen LogP contribution in [0.4, 0.5) is 5.69 Å². The monoisotopic (exact) mass is 293 g/mol. The summed E-state index contributed by atoms with van der Waals surface area (Å²) in [5, 5.41) is 10.5. The summed E-state index contributed by atoms with van der Waals surface area (Å²) in [5.74, 6) is 0. The van der Waals surface area contributed by atoms with E-state index < -0.39 is 15.0 Å². The number of nitro groups is 1. The van der Waals surface area contributed by atoms with Gasteiger partial charge < -0.3 is 0 Å². The summed E-state index contributed by atoms with van der Waals surface area (Å²) in [6.07, 6.45) is 0. The molecule has 0 aliphatic heterocycles. The number of hydrogen-bond donors (Lipinski definition) is 0. The Hall–Kier alpha value is -2.25. The first-order valence-electron chi connectivity index (χ1n) is 5.67. The summed E-state index contributed by atoms with van der Waals surface area (Å²) >= 11 is 0. The van der Waals surface area contributed by atoms with Crippen molar-refractivity contribution in [3.63, 3.8) is 0 Å². The fourth-order valence-corrected chi connectivity index (χ4v) is 2.42. The minimum Gasteiger partial charge on any atom is -0.262 e. The highest BCUT2D eigenvalue weighted by molar-refractivity contribution is 7.86. The summed E-state index contributed by atoms with van der Waals surface area (Å²) < 4.78 is 28.7. The van der Waals surface area contributed by atoms with Crippen LogP contribution in [-0.4, -0.2) is 13.3 Å². The van der Waals surface area contributed by atoms with Crippen molar-refractivity contribution < 1.29 is 17.5 Å². The molecule has 2 aromatic rings. The summed E-state index contributed by atoms with van der Waals surface area (Å²) in [4.78, 5) is 9.79. The molecule has 0 saturated carbocycles. The van der Waals surface area contributed by atoms with E-state index in [-0.39, 0.29) is 17.2 Å². The van der Waals surface area contributed by atoms with Crippen molar-refractivity contribution in [1.29, 1.82) is 0 Å². The van der Waals surface area contributed by atoms with Crippen LogP contribution in [0.5, 0.6) is 0 Å². The Labute approximate surface area is 115 Å². The van der Waals surface area contributed by atoms with E-state index in [1.54, 1.807) is 24.3 Å². The number of hydrogen-bond acceptors (Lipinski definition) is 5. The smallest absolute Gasteiger partial charge is 0.262 e. The van der Waals surface area contributed by atoms with E-state index in [1.165, 1.54) is 0 Å². The molecule has 0 fully saturated rings. The third-order valence-corrected chi connectivity index (χ3v) is 3.84. The van der Waals surface area contributed by atoms with Gasteiger partial charge in [0.25, 0.3) is 15.8 Å². The Morgan fingerprint density at radius 1 is 1.00 bits per heavy atom. The molecule has 0 bridgehead atoms. The lowest BCUT2D eigenvalue weighted by atomic mass is 10.2. The van der Waals surface area contributed by atoms with Crippen molar-refractivity contribution in [3.05, 3.63) is 70.3 Å². The maximum absolute atomic E-state index is 11.9. The van der Waals surface area contributed by atoms with E-state index in [9.17, 15) is 18.5 Å². The number of nitro benzene ring substituents is 1. The lowest BCUT2D eigenvalue weighted by molar-refractivity contribution is -0.384. The van der Waals surface area contributed by atoms with Gasteiger partial charge in [0.15, 0.2) is 0 Å². The van der Waals surface area contributed by atoms with Gasteiger partial charge >= 0.3 is 0 Å². The van der Waals surface area contributed by atoms with E-state index in [4.69, 9.17) is 4.18 Å². The van der Waals surface area contributed by atoms with Crippen LogP contribution in [0, 0.1) is 10.1 Å². The topological polar surface area (TPSA) is 86.5 Å². The molecular weight excluding hydrogens is 282 g/mol. The quantitative estimate of drug-likeness (QED) is 0.480. The maximum Gasteiger partial charge on any atom is 0.297 e.